The van der Waals surface area contributed by atoms with Crippen LogP contribution in [0, 0.1) is 0 Å². The van der Waals surface area contributed by atoms with Crippen LogP contribution in [0.3, 0.4) is 0 Å². The summed E-state index contributed by atoms with van der Waals surface area (Å²) in [5, 5.41) is 2.45. The van der Waals surface area contributed by atoms with Gasteiger partial charge in [-0.15, -0.1) is 11.3 Å². The molecule has 56 valence electrons. The number of anilines is 1. The van der Waals surface area contributed by atoms with Crippen molar-refractivity contribution >= 4 is 16.5 Å². The Morgan fingerprint density at radius 1 is 1.90 bits per heavy atom. The number of rotatable bonds is 3. The monoisotopic (exact) mass is 159 g/mol. The number of hydrogen-bond donors (Lipinski definition) is 2. The molecule has 0 aliphatic carbocycles. The molecule has 0 spiro atoms. The van der Waals surface area contributed by atoms with E-state index >= 15 is 0 Å². The van der Waals surface area contributed by atoms with E-state index in [0.29, 0.717) is 11.7 Å². The number of hydrogen-bond acceptors (Lipinski definition) is 5. The van der Waals surface area contributed by atoms with E-state index in [1.54, 1.807) is 7.05 Å². The van der Waals surface area contributed by atoms with Gasteiger partial charge in [0.1, 0.15) is 6.61 Å². The number of nitrogens with zero attached hydrogens (tertiary/aromatic N) is 1. The van der Waals surface area contributed by atoms with Gasteiger partial charge in [-0.3, -0.25) is 4.84 Å². The van der Waals surface area contributed by atoms with Gasteiger partial charge >= 0.3 is 0 Å². The quantitative estimate of drug-likeness (QED) is 0.626. The Morgan fingerprint density at radius 3 is 3.20 bits per heavy atom. The van der Waals surface area contributed by atoms with Gasteiger partial charge < -0.3 is 5.73 Å². The van der Waals surface area contributed by atoms with Crippen molar-refractivity contribution in [1.29, 1.82) is 0 Å². The van der Waals surface area contributed by atoms with E-state index in [0.717, 1.165) is 5.69 Å². The fourth-order valence-corrected chi connectivity index (χ4v) is 1.08. The van der Waals surface area contributed by atoms with Crippen molar-refractivity contribution in [2.24, 2.45) is 0 Å². The molecule has 1 rings (SSSR count). The number of nitrogens with two attached hydrogens (primary N) is 1. The first kappa shape index (κ1) is 7.46. The highest BCUT2D eigenvalue weighted by molar-refractivity contribution is 7.13. The molecule has 1 aromatic heterocycles. The third kappa shape index (κ3) is 1.94. The first-order valence-corrected chi connectivity index (χ1v) is 3.69. The van der Waals surface area contributed by atoms with E-state index in [9.17, 15) is 0 Å². The molecule has 0 saturated carbocycles. The Bertz CT molecular complexity index is 201. The summed E-state index contributed by atoms with van der Waals surface area (Å²) < 4.78 is 0. The lowest BCUT2D eigenvalue weighted by molar-refractivity contribution is 0.0427. The van der Waals surface area contributed by atoms with E-state index in [1.807, 2.05) is 5.38 Å². The second-order valence-electron chi connectivity index (χ2n) is 1.67. The molecule has 0 aromatic carbocycles. The minimum atomic E-state index is 0.462. The number of aromatic nitrogens is 1. The molecule has 5 heteroatoms. The molecule has 4 nitrogen and oxygen atoms in total. The summed E-state index contributed by atoms with van der Waals surface area (Å²) in [6.45, 7) is 0.462. The summed E-state index contributed by atoms with van der Waals surface area (Å²) in [6, 6.07) is 0. The minimum absolute atomic E-state index is 0.462. The molecule has 0 bridgehead atoms. The molecule has 0 atom stereocenters. The molecule has 0 fully saturated rings. The Labute approximate surface area is 63.0 Å². The average Bonchev–Trinajstić information content (AvgIpc) is 2.31. The molecule has 0 aliphatic heterocycles. The fraction of sp³-hybridized carbons (Fsp3) is 0.400. The van der Waals surface area contributed by atoms with E-state index in [2.05, 4.69) is 10.5 Å². The van der Waals surface area contributed by atoms with Crippen LogP contribution < -0.4 is 11.2 Å². The van der Waals surface area contributed by atoms with Crippen molar-refractivity contribution < 1.29 is 4.84 Å². The van der Waals surface area contributed by atoms with Crippen molar-refractivity contribution in [3.63, 3.8) is 0 Å². The van der Waals surface area contributed by atoms with Gasteiger partial charge in [0.05, 0.1) is 5.69 Å². The van der Waals surface area contributed by atoms with Gasteiger partial charge in [0, 0.05) is 12.4 Å². The third-order valence-corrected chi connectivity index (χ3v) is 1.66. The SMILES string of the molecule is CNOCc1csc(N)n1. The van der Waals surface area contributed by atoms with Gasteiger partial charge in [-0.05, 0) is 0 Å². The van der Waals surface area contributed by atoms with Crippen LogP contribution in [0.4, 0.5) is 5.13 Å². The van der Waals surface area contributed by atoms with Crippen LogP contribution in [-0.4, -0.2) is 12.0 Å². The second-order valence-corrected chi connectivity index (χ2v) is 2.56. The first-order valence-electron chi connectivity index (χ1n) is 2.81. The predicted octanol–water partition coefficient (Wildman–Crippen LogP) is 0.376. The normalized spacial score (nSPS) is 10.1. The highest BCUT2D eigenvalue weighted by atomic mass is 32.1. The van der Waals surface area contributed by atoms with Crippen molar-refractivity contribution in [2.45, 2.75) is 6.61 Å². The topological polar surface area (TPSA) is 60.2 Å². The minimum Gasteiger partial charge on any atom is -0.375 e. The smallest absolute Gasteiger partial charge is 0.180 e. The maximum atomic E-state index is 5.38. The van der Waals surface area contributed by atoms with Crippen LogP contribution in [0.1, 0.15) is 5.69 Å². The number of nitrogen functional groups attached to an aromatic ring is 1. The van der Waals surface area contributed by atoms with Gasteiger partial charge in [-0.25, -0.2) is 10.5 Å². The third-order valence-electron chi connectivity index (χ3n) is 0.934. The molecule has 1 heterocycles. The first-order chi connectivity index (χ1) is 4.83. The zero-order chi connectivity index (χ0) is 7.40. The Morgan fingerprint density at radius 2 is 2.70 bits per heavy atom. The van der Waals surface area contributed by atoms with E-state index in [4.69, 9.17) is 10.6 Å². The molecule has 0 saturated heterocycles. The number of thiazole rings is 1. The second kappa shape index (κ2) is 3.50. The van der Waals surface area contributed by atoms with Crippen molar-refractivity contribution in [1.82, 2.24) is 10.5 Å². The average molecular weight is 159 g/mol. The Hall–Kier alpha value is -0.650. The molecule has 3 N–H and O–H groups in total. The summed E-state index contributed by atoms with van der Waals surface area (Å²) in [5.41, 5.74) is 8.79. The maximum absolute atomic E-state index is 5.38. The molecular weight excluding hydrogens is 150 g/mol. The lowest BCUT2D eigenvalue weighted by Gasteiger charge is -1.94. The lowest BCUT2D eigenvalue weighted by atomic mass is 10.5. The molecule has 0 radical (unpaired) electrons. The largest absolute Gasteiger partial charge is 0.375 e. The molecule has 1 aromatic rings. The fourth-order valence-electron chi connectivity index (χ4n) is 0.535. The Balaban J connectivity index is 2.42. The molecule has 0 unspecified atom stereocenters. The summed E-state index contributed by atoms with van der Waals surface area (Å²) in [5.74, 6) is 0. The van der Waals surface area contributed by atoms with Crippen LogP contribution in [0.5, 0.6) is 0 Å². The molecule has 0 aliphatic rings. The molecular formula is C5H9N3OS. The lowest BCUT2D eigenvalue weighted by Crippen LogP contribution is -2.06. The molecule has 0 amide bonds. The summed E-state index contributed by atoms with van der Waals surface area (Å²) in [7, 11) is 1.70. The summed E-state index contributed by atoms with van der Waals surface area (Å²) in [6.07, 6.45) is 0. The van der Waals surface area contributed by atoms with E-state index < -0.39 is 0 Å². The van der Waals surface area contributed by atoms with Crippen molar-refractivity contribution in [2.75, 3.05) is 12.8 Å². The number of hydroxylamine groups is 1. The highest BCUT2D eigenvalue weighted by Crippen LogP contribution is 2.10. The van der Waals surface area contributed by atoms with E-state index in [-0.39, 0.29) is 0 Å². The zero-order valence-electron chi connectivity index (χ0n) is 5.63. The maximum Gasteiger partial charge on any atom is 0.180 e. The van der Waals surface area contributed by atoms with Gasteiger partial charge in [-0.2, -0.15) is 0 Å². The van der Waals surface area contributed by atoms with Gasteiger partial charge in [0.2, 0.25) is 0 Å². The van der Waals surface area contributed by atoms with Crippen LogP contribution >= 0.6 is 11.3 Å². The van der Waals surface area contributed by atoms with Crippen LogP contribution in [-0.2, 0) is 11.4 Å². The standard InChI is InChI=1S/C5H9N3OS/c1-7-9-2-4-3-10-5(6)8-4/h3,7H,2H2,1H3,(H2,6,8). The van der Waals surface area contributed by atoms with Crippen molar-refractivity contribution in [3.05, 3.63) is 11.1 Å². The summed E-state index contributed by atoms with van der Waals surface area (Å²) in [4.78, 5) is 8.85. The van der Waals surface area contributed by atoms with Gasteiger partial charge in [-0.1, -0.05) is 0 Å². The number of nitrogens with one attached hydrogen (secondary N) is 1. The van der Waals surface area contributed by atoms with E-state index in [1.165, 1.54) is 11.3 Å². The van der Waals surface area contributed by atoms with Crippen LogP contribution in [0.2, 0.25) is 0 Å². The zero-order valence-corrected chi connectivity index (χ0v) is 6.44. The van der Waals surface area contributed by atoms with Crippen LogP contribution in [0.15, 0.2) is 5.38 Å². The summed E-state index contributed by atoms with van der Waals surface area (Å²) >= 11 is 1.41. The van der Waals surface area contributed by atoms with Crippen LogP contribution in [0.25, 0.3) is 0 Å². The van der Waals surface area contributed by atoms with Gasteiger partial charge in [0.15, 0.2) is 5.13 Å². The predicted molar refractivity (Wildman–Crippen MR) is 40.4 cm³/mol. The Kier molecular flexibility index (Phi) is 2.61. The highest BCUT2D eigenvalue weighted by Gasteiger charge is 1.96. The van der Waals surface area contributed by atoms with Gasteiger partial charge in [0.25, 0.3) is 0 Å². The van der Waals surface area contributed by atoms with Crippen molar-refractivity contribution in [3.8, 4) is 0 Å². The molecule has 10 heavy (non-hydrogen) atoms.